The van der Waals surface area contributed by atoms with Gasteiger partial charge in [0, 0.05) is 57.4 Å². The summed E-state index contributed by atoms with van der Waals surface area (Å²) in [5.74, 6) is 2.45. The van der Waals surface area contributed by atoms with Gasteiger partial charge in [-0.3, -0.25) is 9.69 Å². The van der Waals surface area contributed by atoms with Gasteiger partial charge in [0.15, 0.2) is 0 Å². The van der Waals surface area contributed by atoms with Crippen LogP contribution in [0.15, 0.2) is 6.20 Å². The molecule has 1 aromatic heterocycles. The van der Waals surface area contributed by atoms with E-state index >= 15 is 0 Å². The van der Waals surface area contributed by atoms with E-state index in [1.54, 1.807) is 6.20 Å². The van der Waals surface area contributed by atoms with E-state index < -0.39 is 5.60 Å². The van der Waals surface area contributed by atoms with Gasteiger partial charge in [0.2, 0.25) is 5.95 Å². The van der Waals surface area contributed by atoms with E-state index in [-0.39, 0.29) is 11.9 Å². The molecule has 1 amide bonds. The monoisotopic (exact) mass is 454 g/mol. The third-order valence-electron chi connectivity index (χ3n) is 8.87. The number of amides is 1. The smallest absolute Gasteiger partial charge is 0.254 e. The number of likely N-dealkylation sites (N-methyl/N-ethyl adjacent to an activating group) is 1. The van der Waals surface area contributed by atoms with Gasteiger partial charge in [-0.1, -0.05) is 0 Å². The Morgan fingerprint density at radius 3 is 2.55 bits per heavy atom. The van der Waals surface area contributed by atoms with E-state index in [2.05, 4.69) is 32.5 Å². The number of hydrogen-bond acceptors (Lipinski definition) is 7. The molecule has 0 aromatic carbocycles. The van der Waals surface area contributed by atoms with Crippen molar-refractivity contribution in [2.45, 2.75) is 62.5 Å². The number of rotatable bonds is 7. The van der Waals surface area contributed by atoms with Crippen LogP contribution in [0.25, 0.3) is 0 Å². The molecule has 4 bridgehead atoms. The van der Waals surface area contributed by atoms with Crippen LogP contribution in [0.5, 0.6) is 0 Å². The standard InChI is InChI=1S/C25H38N6O2/c1-30-6-8-31(9-7-30)5-4-26-24-27-15-20(22(29-24)17-2-3-17)23(32)28-21-18-10-16-11-19(21)14-25(33,12-16)13-18/h15-19,21,33H,2-14H2,1H3,(H,28,32)(H,26,27,29)/t16?,18?,19?,21-,25+. The Morgan fingerprint density at radius 2 is 1.88 bits per heavy atom. The minimum atomic E-state index is -0.475. The van der Waals surface area contributed by atoms with E-state index in [0.29, 0.717) is 35.2 Å². The number of aromatic nitrogens is 2. The average Bonchev–Trinajstić information content (AvgIpc) is 3.62. The van der Waals surface area contributed by atoms with Gasteiger partial charge in [0.25, 0.3) is 5.91 Å². The zero-order valence-electron chi connectivity index (χ0n) is 19.8. The van der Waals surface area contributed by atoms with Crippen LogP contribution < -0.4 is 10.6 Å². The van der Waals surface area contributed by atoms with Crippen LogP contribution in [0.3, 0.4) is 0 Å². The van der Waals surface area contributed by atoms with Crippen molar-refractivity contribution in [3.8, 4) is 0 Å². The number of hydrogen-bond donors (Lipinski definition) is 3. The van der Waals surface area contributed by atoms with Gasteiger partial charge in [-0.25, -0.2) is 9.97 Å². The Bertz CT molecular complexity index is 881. The van der Waals surface area contributed by atoms with E-state index in [4.69, 9.17) is 4.98 Å². The number of carbonyl (C=O) groups excluding carboxylic acids is 1. The Morgan fingerprint density at radius 1 is 1.15 bits per heavy atom. The summed E-state index contributed by atoms with van der Waals surface area (Å²) < 4.78 is 0. The number of piperazine rings is 1. The highest BCUT2D eigenvalue weighted by atomic mass is 16.3. The number of anilines is 1. The second-order valence-electron chi connectivity index (χ2n) is 11.5. The highest BCUT2D eigenvalue weighted by molar-refractivity contribution is 5.95. The second kappa shape index (κ2) is 8.47. The molecule has 1 saturated heterocycles. The highest BCUT2D eigenvalue weighted by Crippen LogP contribution is 2.55. The molecular formula is C25H38N6O2. The first-order valence-corrected chi connectivity index (χ1v) is 13.0. The van der Waals surface area contributed by atoms with Gasteiger partial charge in [-0.05, 0) is 69.7 Å². The maximum absolute atomic E-state index is 13.3. The molecule has 2 heterocycles. The molecule has 8 heteroatoms. The quantitative estimate of drug-likeness (QED) is 0.577. The topological polar surface area (TPSA) is 93.6 Å². The predicted molar refractivity (Wildman–Crippen MR) is 126 cm³/mol. The Balaban J connectivity index is 1.09. The summed E-state index contributed by atoms with van der Waals surface area (Å²) in [6.07, 6.45) is 8.86. The summed E-state index contributed by atoms with van der Waals surface area (Å²) in [4.78, 5) is 27.5. The molecule has 0 spiro atoms. The van der Waals surface area contributed by atoms with Crippen molar-refractivity contribution in [3.63, 3.8) is 0 Å². The van der Waals surface area contributed by atoms with Crippen molar-refractivity contribution in [2.75, 3.05) is 51.6 Å². The highest BCUT2D eigenvalue weighted by Gasteiger charge is 2.55. The molecule has 1 aliphatic heterocycles. The van der Waals surface area contributed by atoms with Crippen molar-refractivity contribution in [1.82, 2.24) is 25.1 Å². The van der Waals surface area contributed by atoms with Crippen molar-refractivity contribution in [1.29, 1.82) is 0 Å². The molecule has 3 N–H and O–H groups in total. The zero-order valence-corrected chi connectivity index (χ0v) is 19.8. The first-order valence-electron chi connectivity index (χ1n) is 13.0. The van der Waals surface area contributed by atoms with Crippen molar-refractivity contribution in [3.05, 3.63) is 17.5 Å². The summed E-state index contributed by atoms with van der Waals surface area (Å²) in [7, 11) is 2.17. The van der Waals surface area contributed by atoms with Crippen molar-refractivity contribution >= 4 is 11.9 Å². The molecule has 5 aliphatic carbocycles. The van der Waals surface area contributed by atoms with Crippen LogP contribution in [0.2, 0.25) is 0 Å². The Hall–Kier alpha value is -1.77. The molecule has 0 radical (unpaired) electrons. The maximum Gasteiger partial charge on any atom is 0.254 e. The third kappa shape index (κ3) is 4.49. The van der Waals surface area contributed by atoms with E-state index in [1.165, 1.54) is 0 Å². The van der Waals surface area contributed by atoms with Crippen LogP contribution >= 0.6 is 0 Å². The molecule has 180 valence electrons. The zero-order chi connectivity index (χ0) is 22.6. The first-order chi connectivity index (χ1) is 16.0. The maximum atomic E-state index is 13.3. The second-order valence-corrected chi connectivity index (χ2v) is 11.5. The fourth-order valence-corrected chi connectivity index (χ4v) is 7.17. The predicted octanol–water partition coefficient (Wildman–Crippen LogP) is 1.68. The van der Waals surface area contributed by atoms with Crippen molar-refractivity contribution < 1.29 is 9.90 Å². The van der Waals surface area contributed by atoms with Crippen LogP contribution in [0.1, 0.15) is 66.9 Å². The van der Waals surface area contributed by atoms with Crippen molar-refractivity contribution in [2.24, 2.45) is 17.8 Å². The van der Waals surface area contributed by atoms with E-state index in [0.717, 1.165) is 89.9 Å². The Kier molecular flexibility index (Phi) is 5.58. The fourth-order valence-electron chi connectivity index (χ4n) is 7.17. The first kappa shape index (κ1) is 21.7. The van der Waals surface area contributed by atoms with Gasteiger partial charge in [-0.15, -0.1) is 0 Å². The Labute approximate surface area is 196 Å². The lowest BCUT2D eigenvalue weighted by Crippen LogP contribution is -2.61. The molecule has 8 nitrogen and oxygen atoms in total. The number of aliphatic hydroxyl groups is 1. The van der Waals surface area contributed by atoms with Gasteiger partial charge >= 0.3 is 0 Å². The fraction of sp³-hybridized carbons (Fsp3) is 0.800. The molecule has 5 saturated carbocycles. The summed E-state index contributed by atoms with van der Waals surface area (Å²) in [6.45, 7) is 6.24. The van der Waals surface area contributed by atoms with E-state index in [1.807, 2.05) is 0 Å². The largest absolute Gasteiger partial charge is 0.390 e. The number of nitrogens with zero attached hydrogens (tertiary/aromatic N) is 4. The third-order valence-corrected chi connectivity index (χ3v) is 8.87. The molecule has 6 fully saturated rings. The van der Waals surface area contributed by atoms with Gasteiger partial charge in [-0.2, -0.15) is 0 Å². The molecular weight excluding hydrogens is 416 g/mol. The average molecular weight is 455 g/mol. The van der Waals surface area contributed by atoms with Gasteiger partial charge in [0.1, 0.15) is 0 Å². The lowest BCUT2D eigenvalue weighted by Gasteiger charge is -2.58. The number of carbonyl (C=O) groups is 1. The molecule has 33 heavy (non-hydrogen) atoms. The van der Waals surface area contributed by atoms with Crippen LogP contribution in [0.4, 0.5) is 5.95 Å². The summed E-state index contributed by atoms with van der Waals surface area (Å²) >= 11 is 0. The van der Waals surface area contributed by atoms with E-state index in [9.17, 15) is 9.90 Å². The summed E-state index contributed by atoms with van der Waals surface area (Å²) in [5, 5.41) is 17.6. The number of nitrogens with one attached hydrogen (secondary N) is 2. The minimum Gasteiger partial charge on any atom is -0.390 e. The van der Waals surface area contributed by atoms with Crippen LogP contribution in [0, 0.1) is 17.8 Å². The molecule has 2 unspecified atom stereocenters. The van der Waals surface area contributed by atoms with Crippen LogP contribution in [-0.2, 0) is 0 Å². The normalized spacial score (nSPS) is 36.2. The van der Waals surface area contributed by atoms with Gasteiger partial charge in [0.05, 0.1) is 16.9 Å². The minimum absolute atomic E-state index is 0.0228. The molecule has 1 aromatic rings. The van der Waals surface area contributed by atoms with Crippen LogP contribution in [-0.4, -0.2) is 88.7 Å². The molecule has 7 rings (SSSR count). The molecule has 6 aliphatic rings. The lowest BCUT2D eigenvalue weighted by molar-refractivity contribution is -0.136. The lowest BCUT2D eigenvalue weighted by atomic mass is 9.52. The van der Waals surface area contributed by atoms with Gasteiger partial charge < -0.3 is 20.6 Å². The molecule has 2 atom stereocenters. The summed E-state index contributed by atoms with van der Waals surface area (Å²) in [5.41, 5.74) is 1.08. The SMILES string of the molecule is CN1CCN(CCNc2ncc(C(=O)N[C@H]3C4CC5CC3C[C@@](O)(C5)C4)c(C3CC3)n2)CC1. The summed E-state index contributed by atoms with van der Waals surface area (Å²) in [6, 6.07) is 0.183.